The van der Waals surface area contributed by atoms with Gasteiger partial charge in [-0.1, -0.05) is 36.4 Å². The fourth-order valence-electron chi connectivity index (χ4n) is 3.79. The van der Waals surface area contributed by atoms with Crippen LogP contribution in [0.4, 0.5) is 4.39 Å². The van der Waals surface area contributed by atoms with Crippen molar-refractivity contribution in [2.45, 2.75) is 32.0 Å². The molecule has 1 heterocycles. The third-order valence-corrected chi connectivity index (χ3v) is 5.32. The molecule has 30 heavy (non-hydrogen) atoms. The summed E-state index contributed by atoms with van der Waals surface area (Å²) < 4.78 is 18.9. The molecule has 1 atom stereocenters. The first kappa shape index (κ1) is 24.6. The zero-order chi connectivity index (χ0) is 20.5. The van der Waals surface area contributed by atoms with Crippen molar-refractivity contribution < 1.29 is 9.13 Å². The highest BCUT2D eigenvalue weighted by molar-refractivity contribution is 14.0. The molecule has 164 valence electrons. The standard InChI is InChI=1S/C23H31FN4O.HI/c1-25-23(26-15-18-10-11-21(24)20(14-18)17-29-2)27-16-22(28-12-6-7-13-28)19-8-4-3-5-9-19;/h3-5,8-11,14,22H,6-7,12-13,15-17H2,1-2H3,(H2,25,26,27);1H. The SMILES string of the molecule is CN=C(NCc1ccc(F)c(COC)c1)NCC(c1ccccc1)N1CCCC1.I. The minimum Gasteiger partial charge on any atom is -0.380 e. The van der Waals surface area contributed by atoms with Gasteiger partial charge in [0, 0.05) is 32.8 Å². The van der Waals surface area contributed by atoms with E-state index in [0.29, 0.717) is 18.2 Å². The van der Waals surface area contributed by atoms with Crippen LogP contribution in [-0.2, 0) is 17.9 Å². The van der Waals surface area contributed by atoms with Gasteiger partial charge in [0.15, 0.2) is 5.96 Å². The number of aliphatic imine (C=N–C) groups is 1. The van der Waals surface area contributed by atoms with E-state index in [-0.39, 0.29) is 36.4 Å². The third-order valence-electron chi connectivity index (χ3n) is 5.32. The Kier molecular flexibility index (Phi) is 10.5. The molecule has 0 aliphatic carbocycles. The highest BCUT2D eigenvalue weighted by Gasteiger charge is 2.23. The summed E-state index contributed by atoms with van der Waals surface area (Å²) in [5.74, 6) is 0.497. The third kappa shape index (κ3) is 6.92. The Morgan fingerprint density at radius 1 is 1.13 bits per heavy atom. The lowest BCUT2D eigenvalue weighted by molar-refractivity contribution is 0.181. The monoisotopic (exact) mass is 526 g/mol. The first-order chi connectivity index (χ1) is 14.2. The molecule has 0 amide bonds. The average Bonchev–Trinajstić information content (AvgIpc) is 3.28. The lowest BCUT2D eigenvalue weighted by Crippen LogP contribution is -2.42. The molecular formula is C23H32FIN4O. The smallest absolute Gasteiger partial charge is 0.191 e. The Balaban J connectivity index is 0.00000320. The molecular weight excluding hydrogens is 494 g/mol. The van der Waals surface area contributed by atoms with Gasteiger partial charge in [0.05, 0.1) is 12.6 Å². The summed E-state index contributed by atoms with van der Waals surface area (Å²) in [6.07, 6.45) is 2.51. The quantitative estimate of drug-likeness (QED) is 0.309. The zero-order valence-corrected chi connectivity index (χ0v) is 20.1. The van der Waals surface area contributed by atoms with E-state index in [0.717, 1.165) is 31.2 Å². The van der Waals surface area contributed by atoms with E-state index < -0.39 is 0 Å². The maximum atomic E-state index is 13.8. The Bertz CT molecular complexity index is 797. The van der Waals surface area contributed by atoms with Crippen molar-refractivity contribution in [1.29, 1.82) is 0 Å². The van der Waals surface area contributed by atoms with Gasteiger partial charge in [-0.15, -0.1) is 24.0 Å². The predicted molar refractivity (Wildman–Crippen MR) is 131 cm³/mol. The van der Waals surface area contributed by atoms with E-state index in [4.69, 9.17) is 4.74 Å². The van der Waals surface area contributed by atoms with Crippen molar-refractivity contribution in [3.63, 3.8) is 0 Å². The molecule has 1 aliphatic rings. The number of likely N-dealkylation sites (tertiary alicyclic amines) is 1. The molecule has 5 nitrogen and oxygen atoms in total. The summed E-state index contributed by atoms with van der Waals surface area (Å²) in [5, 5.41) is 6.79. The highest BCUT2D eigenvalue weighted by atomic mass is 127. The van der Waals surface area contributed by atoms with Crippen molar-refractivity contribution in [1.82, 2.24) is 15.5 Å². The molecule has 0 aromatic heterocycles. The van der Waals surface area contributed by atoms with Gasteiger partial charge < -0.3 is 15.4 Å². The van der Waals surface area contributed by atoms with Crippen LogP contribution >= 0.6 is 24.0 Å². The molecule has 2 aromatic rings. The van der Waals surface area contributed by atoms with E-state index in [9.17, 15) is 4.39 Å². The summed E-state index contributed by atoms with van der Waals surface area (Å²) in [6.45, 7) is 3.87. The summed E-state index contributed by atoms with van der Waals surface area (Å²) in [6, 6.07) is 16.0. The Hall–Kier alpha value is -1.71. The van der Waals surface area contributed by atoms with Gasteiger partial charge in [-0.05, 0) is 49.2 Å². The number of hydrogen-bond acceptors (Lipinski definition) is 3. The van der Waals surface area contributed by atoms with Gasteiger partial charge in [-0.25, -0.2) is 4.39 Å². The lowest BCUT2D eigenvalue weighted by Gasteiger charge is -2.29. The van der Waals surface area contributed by atoms with Crippen LogP contribution in [0.15, 0.2) is 53.5 Å². The van der Waals surface area contributed by atoms with Crippen molar-refractivity contribution >= 4 is 29.9 Å². The minimum absolute atomic E-state index is 0. The molecule has 0 radical (unpaired) electrons. The van der Waals surface area contributed by atoms with Crippen LogP contribution in [0.25, 0.3) is 0 Å². The average molecular weight is 526 g/mol. The molecule has 2 N–H and O–H groups in total. The van der Waals surface area contributed by atoms with Gasteiger partial charge in [0.1, 0.15) is 5.82 Å². The van der Waals surface area contributed by atoms with Crippen molar-refractivity contribution in [3.05, 3.63) is 71.0 Å². The van der Waals surface area contributed by atoms with Crippen molar-refractivity contribution in [3.8, 4) is 0 Å². The molecule has 0 spiro atoms. The molecule has 3 rings (SSSR count). The molecule has 1 saturated heterocycles. The summed E-state index contributed by atoms with van der Waals surface area (Å²) in [4.78, 5) is 6.88. The van der Waals surface area contributed by atoms with E-state index in [2.05, 4.69) is 50.9 Å². The fraction of sp³-hybridized carbons (Fsp3) is 0.435. The van der Waals surface area contributed by atoms with E-state index in [1.165, 1.54) is 24.5 Å². The Morgan fingerprint density at radius 2 is 1.87 bits per heavy atom. The Labute approximate surface area is 196 Å². The van der Waals surface area contributed by atoms with Crippen LogP contribution < -0.4 is 10.6 Å². The number of rotatable bonds is 8. The van der Waals surface area contributed by atoms with Crippen LogP contribution in [0.2, 0.25) is 0 Å². The predicted octanol–water partition coefficient (Wildman–Crippen LogP) is 4.09. The lowest BCUT2D eigenvalue weighted by atomic mass is 10.1. The second kappa shape index (κ2) is 12.9. The number of ether oxygens (including phenoxy) is 1. The molecule has 0 saturated carbocycles. The zero-order valence-electron chi connectivity index (χ0n) is 17.7. The summed E-state index contributed by atoms with van der Waals surface area (Å²) in [5.41, 5.74) is 2.87. The first-order valence-electron chi connectivity index (χ1n) is 10.2. The van der Waals surface area contributed by atoms with Crippen LogP contribution in [0.1, 0.15) is 35.6 Å². The molecule has 1 fully saturated rings. The molecule has 0 bridgehead atoms. The normalized spacial score (nSPS) is 15.5. The molecule has 2 aromatic carbocycles. The molecule has 1 aliphatic heterocycles. The van der Waals surface area contributed by atoms with Gasteiger partial charge in [0.25, 0.3) is 0 Å². The van der Waals surface area contributed by atoms with Gasteiger partial charge >= 0.3 is 0 Å². The number of nitrogens with one attached hydrogen (secondary N) is 2. The first-order valence-corrected chi connectivity index (χ1v) is 10.2. The second-order valence-corrected chi connectivity index (χ2v) is 7.33. The molecule has 7 heteroatoms. The Morgan fingerprint density at radius 3 is 2.53 bits per heavy atom. The largest absolute Gasteiger partial charge is 0.380 e. The minimum atomic E-state index is -0.241. The van der Waals surface area contributed by atoms with Crippen LogP contribution in [0.3, 0.4) is 0 Å². The fourth-order valence-corrected chi connectivity index (χ4v) is 3.79. The number of nitrogens with zero attached hydrogens (tertiary/aromatic N) is 2. The van der Waals surface area contributed by atoms with Gasteiger partial charge in [0.2, 0.25) is 0 Å². The van der Waals surface area contributed by atoms with Crippen LogP contribution in [0, 0.1) is 5.82 Å². The number of benzene rings is 2. The maximum absolute atomic E-state index is 13.8. The van der Waals surface area contributed by atoms with Crippen LogP contribution in [-0.4, -0.2) is 44.7 Å². The van der Waals surface area contributed by atoms with E-state index >= 15 is 0 Å². The molecule has 1 unspecified atom stereocenters. The van der Waals surface area contributed by atoms with Gasteiger partial charge in [-0.2, -0.15) is 0 Å². The highest BCUT2D eigenvalue weighted by Crippen LogP contribution is 2.24. The van der Waals surface area contributed by atoms with Crippen molar-refractivity contribution in [2.24, 2.45) is 4.99 Å². The number of hydrogen-bond donors (Lipinski definition) is 2. The number of guanidine groups is 1. The summed E-state index contributed by atoms with van der Waals surface area (Å²) in [7, 11) is 3.34. The van der Waals surface area contributed by atoms with Crippen LogP contribution in [0.5, 0.6) is 0 Å². The van der Waals surface area contributed by atoms with Gasteiger partial charge in [-0.3, -0.25) is 9.89 Å². The van der Waals surface area contributed by atoms with Crippen molar-refractivity contribution in [2.75, 3.05) is 33.8 Å². The van der Waals surface area contributed by atoms with E-state index in [1.54, 1.807) is 20.2 Å². The number of methoxy groups -OCH3 is 1. The van der Waals surface area contributed by atoms with E-state index in [1.807, 2.05) is 6.07 Å². The topological polar surface area (TPSA) is 48.9 Å². The maximum Gasteiger partial charge on any atom is 0.191 e. The number of halogens is 2. The second-order valence-electron chi connectivity index (χ2n) is 7.33. The summed E-state index contributed by atoms with van der Waals surface area (Å²) >= 11 is 0.